The lowest BCUT2D eigenvalue weighted by atomic mass is 10.4. The van der Waals surface area contributed by atoms with E-state index < -0.39 is 8.38 Å². The van der Waals surface area contributed by atoms with Crippen molar-refractivity contribution in [3.63, 3.8) is 0 Å². The molecule has 2 heterocycles. The maximum Gasteiger partial charge on any atom is 0.198 e. The van der Waals surface area contributed by atoms with E-state index in [0.29, 0.717) is 43.1 Å². The van der Waals surface area contributed by atoms with Crippen molar-refractivity contribution in [2.75, 3.05) is 25.3 Å². The Balaban J connectivity index is 1.93. The van der Waals surface area contributed by atoms with Gasteiger partial charge in [-0.1, -0.05) is 0 Å². The molecule has 0 spiro atoms. The lowest BCUT2D eigenvalue weighted by Gasteiger charge is -2.19. The molecule has 2 N–H and O–H groups in total. The first-order valence-corrected chi connectivity index (χ1v) is 8.58. The molecular formula is C13H22N5O3P. The number of ether oxygens (including phenoxy) is 1. The highest BCUT2D eigenvalue weighted by molar-refractivity contribution is 7.47. The normalized spacial score (nSPS) is 13.1. The maximum atomic E-state index is 5.82. The fourth-order valence-electron chi connectivity index (χ4n) is 1.95. The van der Waals surface area contributed by atoms with E-state index in [4.69, 9.17) is 19.5 Å². The monoisotopic (exact) mass is 327 g/mol. The Kier molecular flexibility index (Phi) is 6.45. The summed E-state index contributed by atoms with van der Waals surface area (Å²) in [6.45, 7) is 7.73. The first-order chi connectivity index (χ1) is 10.7. The second kappa shape index (κ2) is 8.33. The lowest BCUT2D eigenvalue weighted by Crippen LogP contribution is -2.17. The average Bonchev–Trinajstić information content (AvgIpc) is 2.90. The van der Waals surface area contributed by atoms with E-state index in [0.717, 1.165) is 0 Å². The van der Waals surface area contributed by atoms with Gasteiger partial charge in [0.1, 0.15) is 18.2 Å². The number of nitrogen functional groups attached to an aromatic ring is 1. The molecule has 8 nitrogen and oxygen atoms in total. The summed E-state index contributed by atoms with van der Waals surface area (Å²) in [4.78, 5) is 12.4. The Morgan fingerprint density at radius 1 is 1.23 bits per heavy atom. The van der Waals surface area contributed by atoms with E-state index in [-0.39, 0.29) is 6.10 Å². The zero-order chi connectivity index (χ0) is 15.9. The molecule has 0 aliphatic heterocycles. The van der Waals surface area contributed by atoms with Gasteiger partial charge in [0.15, 0.2) is 19.8 Å². The van der Waals surface area contributed by atoms with Gasteiger partial charge in [-0.2, -0.15) is 0 Å². The molecule has 0 saturated heterocycles. The Hall–Kier alpha value is -1.34. The summed E-state index contributed by atoms with van der Waals surface area (Å²) in [7, 11) is -0.989. The first kappa shape index (κ1) is 17.0. The third-order valence-corrected chi connectivity index (χ3v) is 4.35. The number of anilines is 1. The molecule has 0 fully saturated rings. The molecule has 2 aromatic rings. The van der Waals surface area contributed by atoms with Gasteiger partial charge >= 0.3 is 0 Å². The number of hydrogen-bond acceptors (Lipinski definition) is 7. The third kappa shape index (κ3) is 4.33. The molecule has 0 aliphatic carbocycles. The van der Waals surface area contributed by atoms with Gasteiger partial charge in [-0.3, -0.25) is 0 Å². The highest BCUT2D eigenvalue weighted by Crippen LogP contribution is 2.38. The highest BCUT2D eigenvalue weighted by atomic mass is 31.2. The van der Waals surface area contributed by atoms with Gasteiger partial charge < -0.3 is 24.1 Å². The standard InChI is InChI=1S/C13H22N5O3P/c1-4-20-22(21-5-2)9-19-10(3)6-18-8-17-11-12(14)15-7-16-13(11)18/h7-8,10H,4-6,9H2,1-3H3,(H2,14,15,16)/t10-/m1/s1. The van der Waals surface area contributed by atoms with Crippen molar-refractivity contribution in [3.05, 3.63) is 12.7 Å². The fourth-order valence-corrected chi connectivity index (χ4v) is 3.13. The van der Waals surface area contributed by atoms with Crippen LogP contribution >= 0.6 is 8.38 Å². The minimum absolute atomic E-state index is 0.0282. The Labute approximate surface area is 130 Å². The number of rotatable bonds is 9. The summed E-state index contributed by atoms with van der Waals surface area (Å²) in [5.41, 5.74) is 7.10. The van der Waals surface area contributed by atoms with Crippen LogP contribution in [0.4, 0.5) is 5.82 Å². The molecule has 0 unspecified atom stereocenters. The summed E-state index contributed by atoms with van der Waals surface area (Å²) in [6.07, 6.45) is 3.55. The topological polar surface area (TPSA) is 97.3 Å². The van der Waals surface area contributed by atoms with Gasteiger partial charge in [-0.25, -0.2) is 15.0 Å². The molecule has 2 rings (SSSR count). The summed E-state index contributed by atoms with van der Waals surface area (Å²) in [5, 5.41) is 0. The third-order valence-electron chi connectivity index (χ3n) is 2.89. The van der Waals surface area contributed by atoms with Gasteiger partial charge in [-0.15, -0.1) is 0 Å². The summed E-state index contributed by atoms with van der Waals surface area (Å²) in [6, 6.07) is 0. The minimum Gasteiger partial charge on any atom is -0.382 e. The Bertz CT molecular complexity index is 588. The van der Waals surface area contributed by atoms with E-state index in [1.165, 1.54) is 6.33 Å². The molecule has 0 amide bonds. The van der Waals surface area contributed by atoms with Crippen molar-refractivity contribution in [2.24, 2.45) is 0 Å². The summed E-state index contributed by atoms with van der Waals surface area (Å²) < 4.78 is 18.8. The number of hydrogen-bond donors (Lipinski definition) is 1. The van der Waals surface area contributed by atoms with Crippen molar-refractivity contribution < 1.29 is 13.8 Å². The molecule has 22 heavy (non-hydrogen) atoms. The predicted octanol–water partition coefficient (Wildman–Crippen LogP) is 2.16. The van der Waals surface area contributed by atoms with E-state index in [1.54, 1.807) is 6.33 Å². The molecule has 0 aliphatic rings. The van der Waals surface area contributed by atoms with Crippen molar-refractivity contribution in [1.29, 1.82) is 0 Å². The van der Waals surface area contributed by atoms with Gasteiger partial charge in [0.2, 0.25) is 0 Å². The van der Waals surface area contributed by atoms with Crippen LogP contribution in [-0.2, 0) is 20.3 Å². The molecule has 0 radical (unpaired) electrons. The minimum atomic E-state index is -0.989. The van der Waals surface area contributed by atoms with Crippen LogP contribution in [0.15, 0.2) is 12.7 Å². The number of aromatic nitrogens is 4. The molecule has 1 atom stereocenters. The van der Waals surface area contributed by atoms with Crippen LogP contribution in [0, 0.1) is 0 Å². The van der Waals surface area contributed by atoms with Crippen LogP contribution in [-0.4, -0.2) is 45.2 Å². The van der Waals surface area contributed by atoms with Crippen LogP contribution in [0.1, 0.15) is 20.8 Å². The SMILES string of the molecule is CCOP(CO[C@H](C)Cn1cnc2c(N)ncnc21)OCC. The number of imidazole rings is 1. The molecule has 0 saturated carbocycles. The van der Waals surface area contributed by atoms with E-state index in [1.807, 2.05) is 25.3 Å². The molecule has 122 valence electrons. The molecule has 2 aromatic heterocycles. The number of fused-ring (bicyclic) bond motifs is 1. The van der Waals surface area contributed by atoms with Crippen LogP contribution < -0.4 is 5.73 Å². The predicted molar refractivity (Wildman–Crippen MR) is 85.3 cm³/mol. The quantitative estimate of drug-likeness (QED) is 0.705. The van der Waals surface area contributed by atoms with Crippen LogP contribution in [0.3, 0.4) is 0 Å². The van der Waals surface area contributed by atoms with Crippen LogP contribution in [0.25, 0.3) is 11.2 Å². The van der Waals surface area contributed by atoms with Gasteiger partial charge in [0, 0.05) is 0 Å². The average molecular weight is 327 g/mol. The van der Waals surface area contributed by atoms with Gasteiger partial charge in [-0.05, 0) is 20.8 Å². The smallest absolute Gasteiger partial charge is 0.198 e. The number of nitrogens with two attached hydrogens (primary N) is 1. The molecule has 9 heteroatoms. The maximum absolute atomic E-state index is 5.82. The fraction of sp³-hybridized carbons (Fsp3) is 0.615. The van der Waals surface area contributed by atoms with Crippen molar-refractivity contribution in [3.8, 4) is 0 Å². The first-order valence-electron chi connectivity index (χ1n) is 7.22. The summed E-state index contributed by atoms with van der Waals surface area (Å²) >= 11 is 0. The number of nitrogens with zero attached hydrogens (tertiary/aromatic N) is 4. The molecule has 0 bridgehead atoms. The van der Waals surface area contributed by atoms with Gasteiger partial charge in [0.05, 0.1) is 32.2 Å². The highest BCUT2D eigenvalue weighted by Gasteiger charge is 2.14. The molecular weight excluding hydrogens is 305 g/mol. The van der Waals surface area contributed by atoms with Crippen LogP contribution in [0.5, 0.6) is 0 Å². The van der Waals surface area contributed by atoms with E-state index >= 15 is 0 Å². The molecule has 0 aromatic carbocycles. The Morgan fingerprint density at radius 3 is 2.64 bits per heavy atom. The van der Waals surface area contributed by atoms with Crippen molar-refractivity contribution >= 4 is 25.4 Å². The lowest BCUT2D eigenvalue weighted by molar-refractivity contribution is 0.0762. The van der Waals surface area contributed by atoms with Gasteiger partial charge in [0.25, 0.3) is 0 Å². The Morgan fingerprint density at radius 2 is 1.95 bits per heavy atom. The zero-order valence-electron chi connectivity index (χ0n) is 13.1. The van der Waals surface area contributed by atoms with Crippen molar-refractivity contribution in [1.82, 2.24) is 19.5 Å². The largest absolute Gasteiger partial charge is 0.382 e. The van der Waals surface area contributed by atoms with E-state index in [9.17, 15) is 0 Å². The van der Waals surface area contributed by atoms with E-state index in [2.05, 4.69) is 15.0 Å². The second-order valence-electron chi connectivity index (χ2n) is 4.60. The second-order valence-corrected chi connectivity index (χ2v) is 6.04. The van der Waals surface area contributed by atoms with Crippen LogP contribution in [0.2, 0.25) is 0 Å². The zero-order valence-corrected chi connectivity index (χ0v) is 14.0. The summed E-state index contributed by atoms with van der Waals surface area (Å²) in [5.74, 6) is 0.383. The van der Waals surface area contributed by atoms with Crippen molar-refractivity contribution in [2.45, 2.75) is 33.4 Å².